The van der Waals surface area contributed by atoms with Crippen LogP contribution in [0.4, 0.5) is 10.8 Å². The van der Waals surface area contributed by atoms with Crippen LogP contribution in [0.2, 0.25) is 0 Å². The summed E-state index contributed by atoms with van der Waals surface area (Å²) in [7, 11) is 0. The predicted molar refractivity (Wildman–Crippen MR) is 111 cm³/mol. The molecule has 0 saturated heterocycles. The lowest BCUT2D eigenvalue weighted by Crippen LogP contribution is -2.11. The summed E-state index contributed by atoms with van der Waals surface area (Å²) in [5.74, 6) is -0.434. The number of benzene rings is 2. The van der Waals surface area contributed by atoms with E-state index in [1.165, 1.54) is 11.3 Å². The van der Waals surface area contributed by atoms with Gasteiger partial charge in [0.2, 0.25) is 5.13 Å². The largest absolute Gasteiger partial charge is 0.460 e. The van der Waals surface area contributed by atoms with Gasteiger partial charge in [0, 0.05) is 6.61 Å². The molecule has 3 aromatic rings. The van der Waals surface area contributed by atoms with Crippen LogP contribution in [0.1, 0.15) is 36.5 Å². The summed E-state index contributed by atoms with van der Waals surface area (Å²) in [6, 6.07) is 14.8. The zero-order chi connectivity index (χ0) is 19.6. The lowest BCUT2D eigenvalue weighted by Gasteiger charge is -2.07. The van der Waals surface area contributed by atoms with E-state index < -0.39 is 5.97 Å². The quantitative estimate of drug-likeness (QED) is 0.236. The second-order valence-electron chi connectivity index (χ2n) is 6.14. The van der Waals surface area contributed by atoms with E-state index in [-0.39, 0.29) is 6.61 Å². The van der Waals surface area contributed by atoms with Crippen molar-refractivity contribution < 1.29 is 14.3 Å². The molecule has 0 amide bonds. The molecule has 146 valence electrons. The van der Waals surface area contributed by atoms with Crippen molar-refractivity contribution in [3.63, 3.8) is 0 Å². The van der Waals surface area contributed by atoms with Crippen molar-refractivity contribution >= 4 is 38.3 Å². The fourth-order valence-corrected chi connectivity index (χ4v) is 3.35. The molecule has 0 atom stereocenters. The topological polar surface area (TPSA) is 73.1 Å². The Balaban J connectivity index is 1.58. The van der Waals surface area contributed by atoms with Gasteiger partial charge in [-0.3, -0.25) is 0 Å². The summed E-state index contributed by atoms with van der Waals surface area (Å²) < 4.78 is 11.8. The van der Waals surface area contributed by atoms with E-state index in [0.29, 0.717) is 29.6 Å². The van der Waals surface area contributed by atoms with Gasteiger partial charge in [-0.15, -0.1) is 10.2 Å². The molecule has 0 aliphatic carbocycles. The first-order valence-electron chi connectivity index (χ1n) is 9.39. The number of thiazole rings is 1. The second-order valence-corrected chi connectivity index (χ2v) is 7.15. The first-order chi connectivity index (χ1) is 13.8. The Hall–Kier alpha value is -2.64. The molecule has 3 rings (SSSR count). The van der Waals surface area contributed by atoms with E-state index in [0.717, 1.165) is 29.5 Å². The molecule has 7 heteroatoms. The average molecular weight is 398 g/mol. The van der Waals surface area contributed by atoms with Crippen LogP contribution < -0.4 is 0 Å². The highest BCUT2D eigenvalue weighted by Gasteiger charge is 2.12. The number of rotatable bonds is 10. The standard InChI is InChI=1S/C21H23N3O3S/c1-2-3-8-13-26-14-15-27-20(25)16-9-4-5-10-17(16)23-24-21-22-18-11-6-7-12-19(18)28-21/h4-7,9-12H,2-3,8,13-15H2,1H3. The molecular formula is C21H23N3O3S. The van der Waals surface area contributed by atoms with E-state index in [4.69, 9.17) is 9.47 Å². The fourth-order valence-electron chi connectivity index (χ4n) is 2.56. The minimum Gasteiger partial charge on any atom is -0.460 e. The number of aromatic nitrogens is 1. The first kappa shape index (κ1) is 20.1. The molecule has 2 aromatic carbocycles. The number of esters is 1. The third-order valence-corrected chi connectivity index (χ3v) is 4.92. The summed E-state index contributed by atoms with van der Waals surface area (Å²) in [6.07, 6.45) is 3.33. The molecule has 0 N–H and O–H groups in total. The van der Waals surface area contributed by atoms with Crippen LogP contribution in [0.5, 0.6) is 0 Å². The average Bonchev–Trinajstić information content (AvgIpc) is 3.14. The molecule has 0 spiro atoms. The Kier molecular flexibility index (Phi) is 7.63. The molecule has 0 fully saturated rings. The van der Waals surface area contributed by atoms with Gasteiger partial charge >= 0.3 is 5.97 Å². The highest BCUT2D eigenvalue weighted by Crippen LogP contribution is 2.30. The summed E-state index contributed by atoms with van der Waals surface area (Å²) in [6.45, 7) is 3.45. The van der Waals surface area contributed by atoms with E-state index in [9.17, 15) is 4.79 Å². The van der Waals surface area contributed by atoms with E-state index in [2.05, 4.69) is 22.1 Å². The molecule has 1 aromatic heterocycles. The highest BCUT2D eigenvalue weighted by atomic mass is 32.1. The van der Waals surface area contributed by atoms with E-state index in [1.807, 2.05) is 24.3 Å². The Bertz CT molecular complexity index is 906. The molecule has 6 nitrogen and oxygen atoms in total. The van der Waals surface area contributed by atoms with Crippen LogP contribution in [0.25, 0.3) is 10.2 Å². The number of carbonyl (C=O) groups is 1. The zero-order valence-corrected chi connectivity index (χ0v) is 16.7. The Labute approximate surface area is 168 Å². The smallest absolute Gasteiger partial charge is 0.340 e. The molecule has 0 bridgehead atoms. The maximum absolute atomic E-state index is 12.4. The van der Waals surface area contributed by atoms with Gasteiger partial charge in [-0.2, -0.15) is 0 Å². The zero-order valence-electron chi connectivity index (χ0n) is 15.8. The Morgan fingerprint density at radius 3 is 2.68 bits per heavy atom. The summed E-state index contributed by atoms with van der Waals surface area (Å²) in [4.78, 5) is 16.8. The van der Waals surface area contributed by atoms with Gasteiger partial charge in [0.1, 0.15) is 12.3 Å². The van der Waals surface area contributed by atoms with Crippen molar-refractivity contribution in [1.82, 2.24) is 4.98 Å². The molecule has 28 heavy (non-hydrogen) atoms. The monoisotopic (exact) mass is 397 g/mol. The number of unbranched alkanes of at least 4 members (excludes halogenated alkanes) is 2. The number of ether oxygens (including phenoxy) is 2. The number of para-hydroxylation sites is 1. The molecule has 0 radical (unpaired) electrons. The third-order valence-electron chi connectivity index (χ3n) is 4.00. The lowest BCUT2D eigenvalue weighted by molar-refractivity contribution is 0.0313. The van der Waals surface area contributed by atoms with Crippen molar-refractivity contribution in [2.45, 2.75) is 26.2 Å². The maximum atomic E-state index is 12.4. The minimum atomic E-state index is -0.434. The molecule has 0 aliphatic heterocycles. The second kappa shape index (κ2) is 10.6. The first-order valence-corrected chi connectivity index (χ1v) is 10.2. The fraction of sp³-hybridized carbons (Fsp3) is 0.333. The summed E-state index contributed by atoms with van der Waals surface area (Å²) in [5, 5.41) is 8.95. The summed E-state index contributed by atoms with van der Waals surface area (Å²) in [5.41, 5.74) is 1.71. The Morgan fingerprint density at radius 1 is 1.00 bits per heavy atom. The van der Waals surface area contributed by atoms with Gasteiger partial charge in [-0.1, -0.05) is 55.4 Å². The van der Waals surface area contributed by atoms with Crippen molar-refractivity contribution in [3.05, 3.63) is 54.1 Å². The number of nitrogens with zero attached hydrogens (tertiary/aromatic N) is 3. The highest BCUT2D eigenvalue weighted by molar-refractivity contribution is 7.21. The molecule has 1 heterocycles. The normalized spacial score (nSPS) is 11.3. The van der Waals surface area contributed by atoms with Gasteiger partial charge in [-0.25, -0.2) is 9.78 Å². The molecular weight excluding hydrogens is 374 g/mol. The number of hydrogen-bond donors (Lipinski definition) is 0. The van der Waals surface area contributed by atoms with Gasteiger partial charge in [-0.05, 0) is 30.7 Å². The van der Waals surface area contributed by atoms with Gasteiger partial charge in [0.15, 0.2) is 0 Å². The summed E-state index contributed by atoms with van der Waals surface area (Å²) >= 11 is 1.45. The molecule has 0 unspecified atom stereocenters. The minimum absolute atomic E-state index is 0.217. The van der Waals surface area contributed by atoms with Crippen LogP contribution in [-0.4, -0.2) is 30.8 Å². The lowest BCUT2D eigenvalue weighted by atomic mass is 10.2. The van der Waals surface area contributed by atoms with Gasteiger partial charge in [0.05, 0.1) is 22.4 Å². The van der Waals surface area contributed by atoms with Crippen molar-refractivity contribution in [2.24, 2.45) is 10.2 Å². The van der Waals surface area contributed by atoms with Crippen molar-refractivity contribution in [2.75, 3.05) is 19.8 Å². The number of azo groups is 1. The SMILES string of the molecule is CCCCCOCCOC(=O)c1ccccc1N=Nc1nc2ccccc2s1. The Morgan fingerprint density at radius 2 is 1.82 bits per heavy atom. The molecule has 0 aliphatic rings. The third kappa shape index (κ3) is 5.68. The predicted octanol–water partition coefficient (Wildman–Crippen LogP) is 6.08. The number of hydrogen-bond acceptors (Lipinski definition) is 7. The van der Waals surface area contributed by atoms with Crippen molar-refractivity contribution in [1.29, 1.82) is 0 Å². The maximum Gasteiger partial charge on any atom is 0.340 e. The van der Waals surface area contributed by atoms with Crippen LogP contribution in [0.3, 0.4) is 0 Å². The van der Waals surface area contributed by atoms with E-state index in [1.54, 1.807) is 24.3 Å². The van der Waals surface area contributed by atoms with Crippen LogP contribution in [0.15, 0.2) is 58.8 Å². The van der Waals surface area contributed by atoms with Gasteiger partial charge < -0.3 is 9.47 Å². The van der Waals surface area contributed by atoms with E-state index >= 15 is 0 Å². The van der Waals surface area contributed by atoms with Crippen LogP contribution in [0, 0.1) is 0 Å². The van der Waals surface area contributed by atoms with Crippen LogP contribution in [-0.2, 0) is 9.47 Å². The van der Waals surface area contributed by atoms with Gasteiger partial charge in [0.25, 0.3) is 0 Å². The molecule has 0 saturated carbocycles. The van der Waals surface area contributed by atoms with Crippen LogP contribution >= 0.6 is 11.3 Å². The van der Waals surface area contributed by atoms with Crippen molar-refractivity contribution in [3.8, 4) is 0 Å². The number of fused-ring (bicyclic) bond motifs is 1. The number of carbonyl (C=O) groups excluding carboxylic acids is 1.